The number of benzene rings is 2. The van der Waals surface area contributed by atoms with Gasteiger partial charge in [-0.15, -0.1) is 0 Å². The van der Waals surface area contributed by atoms with E-state index in [-0.39, 0.29) is 17.9 Å². The first-order valence-corrected chi connectivity index (χ1v) is 9.09. The summed E-state index contributed by atoms with van der Waals surface area (Å²) in [4.78, 5) is 24.4. The van der Waals surface area contributed by atoms with Crippen molar-refractivity contribution in [1.82, 2.24) is 5.32 Å². The fourth-order valence-corrected chi connectivity index (χ4v) is 3.17. The van der Waals surface area contributed by atoms with Crippen molar-refractivity contribution in [2.75, 3.05) is 19.5 Å². The van der Waals surface area contributed by atoms with E-state index in [1.807, 2.05) is 12.1 Å². The summed E-state index contributed by atoms with van der Waals surface area (Å²) in [5, 5.41) is 5.37. The molecular weight excluding hydrogens is 344 g/mol. The molecule has 1 saturated carbocycles. The second-order valence-corrected chi connectivity index (χ2v) is 6.50. The first-order valence-electron chi connectivity index (χ1n) is 9.09. The zero-order valence-electron chi connectivity index (χ0n) is 15.6. The van der Waals surface area contributed by atoms with Crippen LogP contribution in [0, 0.1) is 0 Å². The molecule has 6 heteroatoms. The molecule has 0 spiro atoms. The Bertz CT molecular complexity index is 811. The largest absolute Gasteiger partial charge is 0.495 e. The molecule has 0 bridgehead atoms. The smallest absolute Gasteiger partial charge is 0.255 e. The van der Waals surface area contributed by atoms with Gasteiger partial charge in [-0.1, -0.05) is 0 Å². The molecule has 2 N–H and O–H groups in total. The standard InChI is InChI=1S/C21H24N2O4/c1-22-20(24)15-9-12-19(26-2)18(13-15)23-21(25)14-7-10-17(11-8-14)27-16-5-3-4-6-16/h7-13,16H,3-6H2,1-2H3,(H,22,24)(H,23,25). The van der Waals surface area contributed by atoms with E-state index in [0.29, 0.717) is 22.6 Å². The summed E-state index contributed by atoms with van der Waals surface area (Å²) in [6.07, 6.45) is 4.87. The average Bonchev–Trinajstić information content (AvgIpc) is 3.20. The van der Waals surface area contributed by atoms with Crippen molar-refractivity contribution in [3.63, 3.8) is 0 Å². The maximum absolute atomic E-state index is 12.6. The molecule has 1 fully saturated rings. The van der Waals surface area contributed by atoms with Gasteiger partial charge in [0, 0.05) is 18.2 Å². The summed E-state index contributed by atoms with van der Waals surface area (Å²) in [5.74, 6) is 0.742. The second kappa shape index (κ2) is 8.58. The molecular formula is C21H24N2O4. The Hall–Kier alpha value is -3.02. The van der Waals surface area contributed by atoms with Gasteiger partial charge in [-0.05, 0) is 68.1 Å². The van der Waals surface area contributed by atoms with Gasteiger partial charge in [0.2, 0.25) is 0 Å². The van der Waals surface area contributed by atoms with Gasteiger partial charge in [0.1, 0.15) is 11.5 Å². The summed E-state index contributed by atoms with van der Waals surface area (Å²) in [6, 6.07) is 12.0. The molecule has 1 aliphatic rings. The van der Waals surface area contributed by atoms with Crippen molar-refractivity contribution in [2.45, 2.75) is 31.8 Å². The Kier molecular flexibility index (Phi) is 5.96. The topological polar surface area (TPSA) is 76.7 Å². The molecule has 0 unspecified atom stereocenters. The number of nitrogens with one attached hydrogen (secondary N) is 2. The zero-order chi connectivity index (χ0) is 19.2. The van der Waals surface area contributed by atoms with Crippen LogP contribution in [0.1, 0.15) is 46.4 Å². The molecule has 0 aliphatic heterocycles. The van der Waals surface area contributed by atoms with E-state index in [2.05, 4.69) is 10.6 Å². The molecule has 3 rings (SSSR count). The summed E-state index contributed by atoms with van der Waals surface area (Å²) >= 11 is 0. The van der Waals surface area contributed by atoms with Crippen molar-refractivity contribution in [3.8, 4) is 11.5 Å². The van der Waals surface area contributed by atoms with Crippen LogP contribution in [-0.2, 0) is 0 Å². The monoisotopic (exact) mass is 368 g/mol. The molecule has 2 aromatic rings. The van der Waals surface area contributed by atoms with Crippen LogP contribution in [0.3, 0.4) is 0 Å². The molecule has 6 nitrogen and oxygen atoms in total. The van der Waals surface area contributed by atoms with Crippen LogP contribution >= 0.6 is 0 Å². The number of hydrogen-bond acceptors (Lipinski definition) is 4. The lowest BCUT2D eigenvalue weighted by Gasteiger charge is -2.14. The number of ether oxygens (including phenoxy) is 2. The van der Waals surface area contributed by atoms with E-state index in [0.717, 1.165) is 18.6 Å². The predicted molar refractivity (Wildman–Crippen MR) is 104 cm³/mol. The van der Waals surface area contributed by atoms with E-state index in [1.54, 1.807) is 37.4 Å². The highest BCUT2D eigenvalue weighted by Gasteiger charge is 2.17. The number of amides is 2. The molecule has 27 heavy (non-hydrogen) atoms. The third-order valence-corrected chi connectivity index (χ3v) is 4.66. The fraction of sp³-hybridized carbons (Fsp3) is 0.333. The van der Waals surface area contributed by atoms with E-state index >= 15 is 0 Å². The van der Waals surface area contributed by atoms with E-state index in [9.17, 15) is 9.59 Å². The Morgan fingerprint density at radius 2 is 1.63 bits per heavy atom. The first kappa shape index (κ1) is 18.8. The molecule has 2 aromatic carbocycles. The van der Waals surface area contributed by atoms with Gasteiger partial charge in [-0.3, -0.25) is 9.59 Å². The van der Waals surface area contributed by atoms with Gasteiger partial charge in [0.15, 0.2) is 0 Å². The third-order valence-electron chi connectivity index (χ3n) is 4.66. The number of rotatable bonds is 6. The van der Waals surface area contributed by atoms with E-state index in [1.165, 1.54) is 20.0 Å². The van der Waals surface area contributed by atoms with Gasteiger partial charge in [-0.2, -0.15) is 0 Å². The maximum atomic E-state index is 12.6. The van der Waals surface area contributed by atoms with Gasteiger partial charge in [0.25, 0.3) is 11.8 Å². The minimum atomic E-state index is -0.283. The Balaban J connectivity index is 1.71. The lowest BCUT2D eigenvalue weighted by Crippen LogP contribution is -2.19. The number of carbonyl (C=O) groups is 2. The fourth-order valence-electron chi connectivity index (χ4n) is 3.17. The van der Waals surface area contributed by atoms with E-state index < -0.39 is 0 Å². The Morgan fingerprint density at radius 3 is 2.26 bits per heavy atom. The molecule has 0 heterocycles. The highest BCUT2D eigenvalue weighted by Crippen LogP contribution is 2.27. The number of methoxy groups -OCH3 is 1. The van der Waals surface area contributed by atoms with Crippen LogP contribution in [0.25, 0.3) is 0 Å². The van der Waals surface area contributed by atoms with Crippen LogP contribution < -0.4 is 20.1 Å². The summed E-state index contributed by atoms with van der Waals surface area (Å²) in [5.41, 5.74) is 1.38. The minimum Gasteiger partial charge on any atom is -0.495 e. The molecule has 0 radical (unpaired) electrons. The van der Waals surface area contributed by atoms with Crippen molar-refractivity contribution in [2.24, 2.45) is 0 Å². The van der Waals surface area contributed by atoms with Crippen LogP contribution in [0.15, 0.2) is 42.5 Å². The van der Waals surface area contributed by atoms with Gasteiger partial charge < -0.3 is 20.1 Å². The Morgan fingerprint density at radius 1 is 0.963 bits per heavy atom. The minimum absolute atomic E-state index is 0.235. The molecule has 2 amide bonds. The third kappa shape index (κ3) is 4.58. The van der Waals surface area contributed by atoms with Crippen molar-refractivity contribution >= 4 is 17.5 Å². The zero-order valence-corrected chi connectivity index (χ0v) is 15.6. The van der Waals surface area contributed by atoms with Gasteiger partial charge in [-0.25, -0.2) is 0 Å². The lowest BCUT2D eigenvalue weighted by molar-refractivity contribution is 0.0961. The summed E-state index contributed by atoms with van der Waals surface area (Å²) in [7, 11) is 3.07. The SMILES string of the molecule is CNC(=O)c1ccc(OC)c(NC(=O)c2ccc(OC3CCCC3)cc2)c1. The van der Waals surface area contributed by atoms with Crippen molar-refractivity contribution in [1.29, 1.82) is 0 Å². The first-order chi connectivity index (χ1) is 13.1. The molecule has 1 aliphatic carbocycles. The van der Waals surface area contributed by atoms with Crippen LogP contribution in [0.2, 0.25) is 0 Å². The number of hydrogen-bond donors (Lipinski definition) is 2. The van der Waals surface area contributed by atoms with Crippen molar-refractivity contribution < 1.29 is 19.1 Å². The van der Waals surface area contributed by atoms with Crippen molar-refractivity contribution in [3.05, 3.63) is 53.6 Å². The highest BCUT2D eigenvalue weighted by atomic mass is 16.5. The highest BCUT2D eigenvalue weighted by molar-refractivity contribution is 6.06. The van der Waals surface area contributed by atoms with Crippen LogP contribution in [-0.4, -0.2) is 32.1 Å². The van der Waals surface area contributed by atoms with Crippen LogP contribution in [0.5, 0.6) is 11.5 Å². The second-order valence-electron chi connectivity index (χ2n) is 6.50. The maximum Gasteiger partial charge on any atom is 0.255 e. The quantitative estimate of drug-likeness (QED) is 0.816. The molecule has 0 atom stereocenters. The number of anilines is 1. The van der Waals surface area contributed by atoms with Gasteiger partial charge in [0.05, 0.1) is 18.9 Å². The predicted octanol–water partition coefficient (Wildman–Crippen LogP) is 3.63. The molecule has 0 aromatic heterocycles. The van der Waals surface area contributed by atoms with E-state index in [4.69, 9.17) is 9.47 Å². The average molecular weight is 368 g/mol. The molecule has 142 valence electrons. The Labute approximate surface area is 158 Å². The normalized spacial score (nSPS) is 13.9. The summed E-state index contributed by atoms with van der Waals surface area (Å²) in [6.45, 7) is 0. The lowest BCUT2D eigenvalue weighted by atomic mass is 10.1. The van der Waals surface area contributed by atoms with Gasteiger partial charge >= 0.3 is 0 Å². The molecule has 0 saturated heterocycles. The number of carbonyl (C=O) groups excluding carboxylic acids is 2. The summed E-state index contributed by atoms with van der Waals surface area (Å²) < 4.78 is 11.2. The van der Waals surface area contributed by atoms with Crippen LogP contribution in [0.4, 0.5) is 5.69 Å².